The number of rotatable bonds is 1. The van der Waals surface area contributed by atoms with Crippen LogP contribution in [0, 0.1) is 5.41 Å². The summed E-state index contributed by atoms with van der Waals surface area (Å²) in [5, 5.41) is 0. The van der Waals surface area contributed by atoms with E-state index in [0.29, 0.717) is 0 Å². The van der Waals surface area contributed by atoms with E-state index < -0.39 is 0 Å². The Morgan fingerprint density at radius 1 is 0.875 bits per heavy atom. The molecule has 0 amide bonds. The number of nitrogens with zero attached hydrogens (tertiary/aromatic N) is 2. The van der Waals surface area contributed by atoms with Crippen molar-refractivity contribution in [2.24, 2.45) is 5.41 Å². The molecule has 0 radical (unpaired) electrons. The molecule has 0 N–H and O–H groups in total. The standard InChI is InChI=1S/C14H26N2/c1-15-9-5-14(6-10-15)7-11-16(12-8-14)13-3-2-4-13/h13H,2-12H2,1H3. The summed E-state index contributed by atoms with van der Waals surface area (Å²) in [4.78, 5) is 5.29. The van der Waals surface area contributed by atoms with Crippen LogP contribution in [0.4, 0.5) is 0 Å². The van der Waals surface area contributed by atoms with E-state index in [2.05, 4.69) is 16.8 Å². The average molecular weight is 222 g/mol. The van der Waals surface area contributed by atoms with Crippen molar-refractivity contribution in [2.75, 3.05) is 33.2 Å². The summed E-state index contributed by atoms with van der Waals surface area (Å²) in [5.74, 6) is 0. The van der Waals surface area contributed by atoms with E-state index >= 15 is 0 Å². The Hall–Kier alpha value is -0.0800. The maximum Gasteiger partial charge on any atom is 0.00952 e. The first-order valence-electron chi connectivity index (χ1n) is 7.20. The summed E-state index contributed by atoms with van der Waals surface area (Å²) < 4.78 is 0. The van der Waals surface area contributed by atoms with Crippen molar-refractivity contribution in [1.29, 1.82) is 0 Å². The largest absolute Gasteiger partial charge is 0.306 e. The van der Waals surface area contributed by atoms with Gasteiger partial charge in [-0.2, -0.15) is 0 Å². The van der Waals surface area contributed by atoms with Crippen LogP contribution in [0.2, 0.25) is 0 Å². The Morgan fingerprint density at radius 3 is 1.94 bits per heavy atom. The minimum atomic E-state index is 0.743. The van der Waals surface area contributed by atoms with Gasteiger partial charge >= 0.3 is 0 Å². The Labute approximate surface area is 100.0 Å². The Balaban J connectivity index is 1.53. The molecule has 2 heterocycles. The Bertz CT molecular complexity index is 229. The molecule has 0 aromatic rings. The van der Waals surface area contributed by atoms with Crippen LogP contribution < -0.4 is 0 Å². The summed E-state index contributed by atoms with van der Waals surface area (Å²) in [5.41, 5.74) is 0.743. The van der Waals surface area contributed by atoms with Crippen molar-refractivity contribution in [2.45, 2.75) is 51.0 Å². The van der Waals surface area contributed by atoms with Crippen LogP contribution >= 0.6 is 0 Å². The van der Waals surface area contributed by atoms with Crippen LogP contribution in [0.15, 0.2) is 0 Å². The molecule has 2 heteroatoms. The van der Waals surface area contributed by atoms with Gasteiger partial charge in [-0.25, -0.2) is 0 Å². The van der Waals surface area contributed by atoms with E-state index in [0.717, 1.165) is 11.5 Å². The van der Waals surface area contributed by atoms with Crippen LogP contribution in [-0.2, 0) is 0 Å². The second kappa shape index (κ2) is 4.30. The van der Waals surface area contributed by atoms with E-state index in [1.54, 1.807) is 0 Å². The van der Waals surface area contributed by atoms with Crippen molar-refractivity contribution >= 4 is 0 Å². The van der Waals surface area contributed by atoms with Gasteiger partial charge in [-0.15, -0.1) is 0 Å². The van der Waals surface area contributed by atoms with E-state index in [4.69, 9.17) is 0 Å². The van der Waals surface area contributed by atoms with Gasteiger partial charge in [0.1, 0.15) is 0 Å². The minimum absolute atomic E-state index is 0.743. The maximum absolute atomic E-state index is 2.78. The van der Waals surface area contributed by atoms with E-state index in [1.807, 2.05) is 0 Å². The molecule has 3 rings (SSSR count). The fourth-order valence-electron chi connectivity index (χ4n) is 3.71. The average Bonchev–Trinajstić information content (AvgIpc) is 2.24. The maximum atomic E-state index is 2.78. The predicted octanol–water partition coefficient (Wildman–Crippen LogP) is 2.35. The molecule has 3 aliphatic rings. The molecular weight excluding hydrogens is 196 g/mol. The first kappa shape index (κ1) is 11.0. The molecule has 1 saturated carbocycles. The van der Waals surface area contributed by atoms with Gasteiger partial charge < -0.3 is 9.80 Å². The summed E-state index contributed by atoms with van der Waals surface area (Å²) in [6, 6.07) is 0.976. The van der Waals surface area contributed by atoms with Gasteiger partial charge in [0.15, 0.2) is 0 Å². The van der Waals surface area contributed by atoms with Crippen LogP contribution in [0.3, 0.4) is 0 Å². The second-order valence-corrected chi connectivity index (χ2v) is 6.42. The zero-order chi connectivity index (χ0) is 11.0. The third-order valence-corrected chi connectivity index (χ3v) is 5.50. The van der Waals surface area contributed by atoms with Crippen LogP contribution in [0.5, 0.6) is 0 Å². The van der Waals surface area contributed by atoms with E-state index in [1.165, 1.54) is 71.1 Å². The molecule has 0 bridgehead atoms. The zero-order valence-electron chi connectivity index (χ0n) is 10.7. The highest BCUT2D eigenvalue weighted by Crippen LogP contribution is 2.42. The normalized spacial score (nSPS) is 32.8. The lowest BCUT2D eigenvalue weighted by atomic mass is 9.70. The SMILES string of the molecule is CN1CCC2(CC1)CCN(C1CCC1)CC2. The van der Waals surface area contributed by atoms with Gasteiger partial charge in [-0.3, -0.25) is 0 Å². The molecule has 0 aromatic carbocycles. The van der Waals surface area contributed by atoms with Crippen molar-refractivity contribution in [1.82, 2.24) is 9.80 Å². The molecule has 2 nitrogen and oxygen atoms in total. The fourth-order valence-corrected chi connectivity index (χ4v) is 3.71. The Morgan fingerprint density at radius 2 is 1.44 bits per heavy atom. The van der Waals surface area contributed by atoms with Gasteiger partial charge in [-0.1, -0.05) is 6.42 Å². The monoisotopic (exact) mass is 222 g/mol. The molecule has 1 aliphatic carbocycles. The first-order valence-corrected chi connectivity index (χ1v) is 7.20. The van der Waals surface area contributed by atoms with Gasteiger partial charge in [0.25, 0.3) is 0 Å². The highest BCUT2D eigenvalue weighted by Gasteiger charge is 2.38. The Kier molecular flexibility index (Phi) is 2.97. The van der Waals surface area contributed by atoms with Crippen molar-refractivity contribution in [3.8, 4) is 0 Å². The topological polar surface area (TPSA) is 6.48 Å². The van der Waals surface area contributed by atoms with Gasteiger partial charge in [0.2, 0.25) is 0 Å². The molecule has 3 fully saturated rings. The smallest absolute Gasteiger partial charge is 0.00952 e. The number of hydrogen-bond donors (Lipinski definition) is 0. The van der Waals surface area contributed by atoms with Gasteiger partial charge in [-0.05, 0) is 77.2 Å². The highest BCUT2D eigenvalue weighted by atomic mass is 15.2. The molecule has 92 valence electrons. The number of likely N-dealkylation sites (tertiary alicyclic amines) is 2. The highest BCUT2D eigenvalue weighted by molar-refractivity contribution is 4.92. The molecule has 16 heavy (non-hydrogen) atoms. The minimum Gasteiger partial charge on any atom is -0.306 e. The molecule has 2 aliphatic heterocycles. The predicted molar refractivity (Wildman–Crippen MR) is 67.6 cm³/mol. The summed E-state index contributed by atoms with van der Waals surface area (Å²) in [7, 11) is 2.27. The molecule has 0 unspecified atom stereocenters. The van der Waals surface area contributed by atoms with E-state index in [9.17, 15) is 0 Å². The number of piperidine rings is 2. The lowest BCUT2D eigenvalue weighted by molar-refractivity contribution is 0.00979. The van der Waals surface area contributed by atoms with Crippen LogP contribution in [-0.4, -0.2) is 49.1 Å². The van der Waals surface area contributed by atoms with Crippen molar-refractivity contribution in [3.05, 3.63) is 0 Å². The fraction of sp³-hybridized carbons (Fsp3) is 1.00. The number of hydrogen-bond acceptors (Lipinski definition) is 2. The zero-order valence-corrected chi connectivity index (χ0v) is 10.7. The lowest BCUT2D eigenvalue weighted by Crippen LogP contribution is -2.50. The molecular formula is C14H26N2. The first-order chi connectivity index (χ1) is 7.77. The third kappa shape index (κ3) is 2.02. The van der Waals surface area contributed by atoms with Gasteiger partial charge in [0, 0.05) is 6.04 Å². The van der Waals surface area contributed by atoms with Crippen molar-refractivity contribution < 1.29 is 0 Å². The summed E-state index contributed by atoms with van der Waals surface area (Å²) in [6.07, 6.45) is 10.3. The lowest BCUT2D eigenvalue weighted by Gasteiger charge is -2.49. The van der Waals surface area contributed by atoms with E-state index in [-0.39, 0.29) is 0 Å². The third-order valence-electron chi connectivity index (χ3n) is 5.50. The van der Waals surface area contributed by atoms with Gasteiger partial charge in [0.05, 0.1) is 0 Å². The summed E-state index contributed by atoms with van der Waals surface area (Å²) in [6.45, 7) is 5.47. The molecule has 2 saturated heterocycles. The van der Waals surface area contributed by atoms with Crippen molar-refractivity contribution in [3.63, 3.8) is 0 Å². The molecule has 0 atom stereocenters. The summed E-state index contributed by atoms with van der Waals surface area (Å²) >= 11 is 0. The molecule has 1 spiro atoms. The quantitative estimate of drug-likeness (QED) is 0.672. The van der Waals surface area contributed by atoms with Crippen LogP contribution in [0.25, 0.3) is 0 Å². The second-order valence-electron chi connectivity index (χ2n) is 6.42. The molecule has 0 aromatic heterocycles. The van der Waals surface area contributed by atoms with Crippen LogP contribution in [0.1, 0.15) is 44.9 Å².